The van der Waals surface area contributed by atoms with Crippen molar-refractivity contribution in [3.05, 3.63) is 0 Å². The van der Waals surface area contributed by atoms with Crippen LogP contribution in [0.1, 0.15) is 0 Å². The molecule has 10 nitrogen and oxygen atoms in total. The Morgan fingerprint density at radius 3 is 2.33 bits per heavy atom. The Labute approximate surface area is 108 Å². The largest absolute Gasteiger partial charge is 0.406 e. The van der Waals surface area contributed by atoms with Crippen LogP contribution >= 0.6 is 12.4 Å². The molecule has 0 aromatic heterocycles. The molecule has 0 aromatic carbocycles. The predicted molar refractivity (Wildman–Crippen MR) is 54.2 cm³/mol. The second-order valence-corrected chi connectivity index (χ2v) is 4.87. The van der Waals surface area contributed by atoms with Crippen LogP contribution in [0.25, 0.3) is 0 Å². The summed E-state index contributed by atoms with van der Waals surface area (Å²) >= 11 is 0. The van der Waals surface area contributed by atoms with Crippen LogP contribution in [0.5, 0.6) is 0 Å². The van der Waals surface area contributed by atoms with Crippen LogP contribution in [0.15, 0.2) is 0 Å². The highest BCUT2D eigenvalue weighted by Gasteiger charge is 2.73. The van der Waals surface area contributed by atoms with Crippen molar-refractivity contribution in [1.29, 1.82) is 0 Å². The molecule has 12 heteroatoms. The molecule has 0 spiro atoms. The van der Waals surface area contributed by atoms with Gasteiger partial charge in [0.2, 0.25) is 5.72 Å². The molecule has 0 aromatic rings. The summed E-state index contributed by atoms with van der Waals surface area (Å²) in [7, 11) is -4.69. The zero-order valence-corrected chi connectivity index (χ0v) is 10.3. The molecule has 2 rings (SSSR count). The molecule has 0 saturated carbocycles. The molecule has 0 radical (unpaired) electrons. The van der Waals surface area contributed by atoms with Crippen molar-refractivity contribution in [3.8, 4) is 0 Å². The van der Waals surface area contributed by atoms with Gasteiger partial charge in [-0.1, -0.05) is 0 Å². The van der Waals surface area contributed by atoms with Gasteiger partial charge in [-0.25, -0.2) is 4.18 Å². The summed E-state index contributed by atoms with van der Waals surface area (Å²) in [5.74, 6) is -3.02. The zero-order chi connectivity index (χ0) is 13.1. The van der Waals surface area contributed by atoms with Gasteiger partial charge in [0.15, 0.2) is 0 Å². The summed E-state index contributed by atoms with van der Waals surface area (Å²) in [6, 6.07) is 0. The molecule has 18 heavy (non-hydrogen) atoms. The summed E-state index contributed by atoms with van der Waals surface area (Å²) in [5, 5.41) is 37.7. The van der Waals surface area contributed by atoms with Gasteiger partial charge in [-0.3, -0.25) is 5.73 Å². The second-order valence-electron chi connectivity index (χ2n) is 3.72. The summed E-state index contributed by atoms with van der Waals surface area (Å²) in [6.07, 6.45) is -5.29. The van der Waals surface area contributed by atoms with E-state index in [1.165, 1.54) is 0 Å². The Balaban J connectivity index is 0.00000162. The Kier molecular flexibility index (Phi) is 3.98. The van der Waals surface area contributed by atoms with Gasteiger partial charge in [0.25, 0.3) is 0 Å². The van der Waals surface area contributed by atoms with E-state index in [9.17, 15) is 23.7 Å². The molecule has 2 aliphatic heterocycles. The fourth-order valence-corrected chi connectivity index (χ4v) is 2.69. The fraction of sp³-hybridized carbons (Fsp3) is 1.00. The minimum absolute atomic E-state index is 0. The molecule has 6 N–H and O–H groups in total. The van der Waals surface area contributed by atoms with Gasteiger partial charge in [-0.2, -0.15) is 12.6 Å². The van der Waals surface area contributed by atoms with E-state index in [1.807, 2.05) is 0 Å². The van der Waals surface area contributed by atoms with E-state index in [2.05, 4.69) is 13.1 Å². The van der Waals surface area contributed by atoms with E-state index in [0.29, 0.717) is 0 Å². The maximum absolute atomic E-state index is 11.0. The second kappa shape index (κ2) is 4.49. The third-order valence-electron chi connectivity index (χ3n) is 2.58. The van der Waals surface area contributed by atoms with Crippen LogP contribution in [0.3, 0.4) is 0 Å². The van der Waals surface area contributed by atoms with E-state index >= 15 is 0 Å². The Morgan fingerprint density at radius 1 is 1.28 bits per heavy atom. The number of halogens is 1. The van der Waals surface area contributed by atoms with Crippen LogP contribution in [0, 0.1) is 0 Å². The maximum atomic E-state index is 11.0. The van der Waals surface area contributed by atoms with Gasteiger partial charge in [-0.15, -0.1) is 12.4 Å². The third kappa shape index (κ3) is 2.02. The SMILES string of the molecule is Cl.N[C@@]12OS(=O)(=O)O[C@]1(O)O[C@H](CO)[C@@H](O)[C@@H]2O. The monoisotopic (exact) mass is 309 g/mol. The maximum Gasteiger partial charge on any atom is 0.406 e. The number of fused-ring (bicyclic) bond motifs is 1. The minimum Gasteiger partial charge on any atom is -0.394 e. The van der Waals surface area contributed by atoms with Gasteiger partial charge in [0.05, 0.1) is 6.61 Å². The number of hydrogen-bond donors (Lipinski definition) is 5. The van der Waals surface area contributed by atoms with Crippen LogP contribution in [-0.4, -0.2) is 65.5 Å². The van der Waals surface area contributed by atoms with Crippen LogP contribution in [0.4, 0.5) is 0 Å². The Bertz CT molecular complexity index is 431. The molecule has 108 valence electrons. The van der Waals surface area contributed by atoms with Gasteiger partial charge in [0.1, 0.15) is 18.3 Å². The number of rotatable bonds is 1. The molecule has 0 unspecified atom stereocenters. The van der Waals surface area contributed by atoms with Gasteiger partial charge >= 0.3 is 16.4 Å². The quantitative estimate of drug-likeness (QED) is 0.323. The van der Waals surface area contributed by atoms with Crippen molar-refractivity contribution < 1.29 is 41.9 Å². The highest BCUT2D eigenvalue weighted by atomic mass is 35.5. The Hall–Kier alpha value is -0.0800. The molecular formula is C6H12ClNO9S. The van der Waals surface area contributed by atoms with E-state index < -0.39 is 47.0 Å². The highest BCUT2D eigenvalue weighted by molar-refractivity contribution is 7.82. The first-order valence-electron chi connectivity index (χ1n) is 4.47. The van der Waals surface area contributed by atoms with Crippen molar-refractivity contribution in [3.63, 3.8) is 0 Å². The van der Waals surface area contributed by atoms with Crippen LogP contribution in [0.2, 0.25) is 0 Å². The molecule has 2 saturated heterocycles. The average molecular weight is 310 g/mol. The number of nitrogens with two attached hydrogens (primary N) is 1. The van der Waals surface area contributed by atoms with Crippen LogP contribution < -0.4 is 5.73 Å². The zero-order valence-electron chi connectivity index (χ0n) is 8.66. The molecule has 0 aliphatic carbocycles. The van der Waals surface area contributed by atoms with E-state index in [1.54, 1.807) is 0 Å². The summed E-state index contributed by atoms with van der Waals surface area (Å²) in [5.41, 5.74) is 2.62. The van der Waals surface area contributed by atoms with Crippen molar-refractivity contribution in [2.24, 2.45) is 5.73 Å². The summed E-state index contributed by atoms with van der Waals surface area (Å²) in [6.45, 7) is -0.806. The molecule has 2 fully saturated rings. The van der Waals surface area contributed by atoms with E-state index in [4.69, 9.17) is 10.8 Å². The predicted octanol–water partition coefficient (Wildman–Crippen LogP) is -3.89. The topological polar surface area (TPSA) is 169 Å². The lowest BCUT2D eigenvalue weighted by Gasteiger charge is -2.45. The van der Waals surface area contributed by atoms with Crippen molar-refractivity contribution in [2.45, 2.75) is 30.0 Å². The van der Waals surface area contributed by atoms with Crippen LogP contribution in [-0.2, 0) is 23.5 Å². The first-order chi connectivity index (χ1) is 7.65. The molecule has 5 atom stereocenters. The first-order valence-corrected chi connectivity index (χ1v) is 5.81. The lowest BCUT2D eigenvalue weighted by atomic mass is 9.93. The molecule has 0 amide bonds. The standard InChI is InChI=1S/C6H11NO9S.ClH/c7-5-4(10)3(9)2(1-8)14-6(5,11)16-17(12,13)15-5;/h2-4,8-11H,1,7H2;1H/t2-,3-,4+,5+,6-;/m1./s1. The number of hydrogen-bond acceptors (Lipinski definition) is 10. The van der Waals surface area contributed by atoms with Crippen molar-refractivity contribution in [1.82, 2.24) is 0 Å². The van der Waals surface area contributed by atoms with Crippen molar-refractivity contribution >= 4 is 22.8 Å². The van der Waals surface area contributed by atoms with Gasteiger partial charge < -0.3 is 25.2 Å². The number of ether oxygens (including phenoxy) is 1. The summed E-state index contributed by atoms with van der Waals surface area (Å²) in [4.78, 5) is 0. The highest BCUT2D eigenvalue weighted by Crippen LogP contribution is 2.43. The molecule has 2 heterocycles. The fourth-order valence-electron chi connectivity index (χ4n) is 1.67. The van der Waals surface area contributed by atoms with Crippen molar-refractivity contribution in [2.75, 3.05) is 6.61 Å². The number of aliphatic hydroxyl groups is 4. The van der Waals surface area contributed by atoms with Gasteiger partial charge in [-0.05, 0) is 0 Å². The average Bonchev–Trinajstić information content (AvgIpc) is 2.39. The molecule has 2 aliphatic rings. The minimum atomic E-state index is -4.69. The number of aliphatic hydroxyl groups excluding tert-OH is 3. The van der Waals surface area contributed by atoms with E-state index in [0.717, 1.165) is 0 Å². The smallest absolute Gasteiger partial charge is 0.394 e. The summed E-state index contributed by atoms with van der Waals surface area (Å²) < 4.78 is 34.9. The molecule has 0 bridgehead atoms. The lowest BCUT2D eigenvalue weighted by molar-refractivity contribution is -0.428. The normalized spacial score (nSPS) is 50.4. The lowest BCUT2D eigenvalue weighted by Crippen LogP contribution is -2.75. The Morgan fingerprint density at radius 2 is 1.83 bits per heavy atom. The first kappa shape index (κ1) is 16.0. The van der Waals surface area contributed by atoms with E-state index in [-0.39, 0.29) is 12.4 Å². The van der Waals surface area contributed by atoms with Gasteiger partial charge in [0, 0.05) is 0 Å². The third-order valence-corrected chi connectivity index (χ3v) is 3.49. The molecular weight excluding hydrogens is 298 g/mol.